The van der Waals surface area contributed by atoms with Gasteiger partial charge in [-0.3, -0.25) is 14.6 Å². The average Bonchev–Trinajstić information content (AvgIpc) is 3.30. The molecule has 1 fully saturated rings. The molecule has 0 unspecified atom stereocenters. The summed E-state index contributed by atoms with van der Waals surface area (Å²) >= 11 is 0. The lowest BCUT2D eigenvalue weighted by atomic mass is 9.91. The number of H-pyrrole nitrogens is 1. The van der Waals surface area contributed by atoms with Crippen molar-refractivity contribution in [3.05, 3.63) is 72.6 Å². The molecule has 0 radical (unpaired) electrons. The number of hydrogen-bond acceptors (Lipinski definition) is 4. The minimum atomic E-state index is -0.314. The van der Waals surface area contributed by atoms with Gasteiger partial charge < -0.3 is 14.8 Å². The summed E-state index contributed by atoms with van der Waals surface area (Å²) in [5.74, 6) is -0.0593. The van der Waals surface area contributed by atoms with Crippen molar-refractivity contribution in [2.24, 2.45) is 5.92 Å². The molecule has 0 spiro atoms. The maximum atomic E-state index is 13.4. The molecule has 31 heavy (non-hydrogen) atoms. The van der Waals surface area contributed by atoms with Gasteiger partial charge in [0.2, 0.25) is 5.91 Å². The number of pyridine rings is 1. The van der Waals surface area contributed by atoms with Crippen LogP contribution in [0.3, 0.4) is 0 Å². The van der Waals surface area contributed by atoms with Crippen molar-refractivity contribution in [3.8, 4) is 11.1 Å². The lowest BCUT2D eigenvalue weighted by molar-refractivity contribution is -0.134. The van der Waals surface area contributed by atoms with Crippen LogP contribution in [-0.2, 0) is 11.2 Å². The third-order valence-corrected chi connectivity index (χ3v) is 5.68. The largest absolute Gasteiger partial charge is 0.341 e. The second kappa shape index (κ2) is 9.55. The standard InChI is InChI=1S/C24H27N5O2/c1-2-12-28-13-14-29(24(31)22-26-10-11-27-22)17-20(23(28)30)15-18-6-3-4-8-21(18)19-7-5-9-25-16-19/h3-11,16,20H,2,12-15,17H2,1H3,(H,26,27)/t20-/m1/s1. The van der Waals surface area contributed by atoms with Gasteiger partial charge in [0.25, 0.3) is 5.91 Å². The summed E-state index contributed by atoms with van der Waals surface area (Å²) in [7, 11) is 0. The Morgan fingerprint density at radius 3 is 2.77 bits per heavy atom. The van der Waals surface area contributed by atoms with Gasteiger partial charge in [0, 0.05) is 56.5 Å². The molecule has 7 heteroatoms. The number of aromatic amines is 1. The maximum absolute atomic E-state index is 13.4. The van der Waals surface area contributed by atoms with Gasteiger partial charge in [0.05, 0.1) is 5.92 Å². The first-order chi connectivity index (χ1) is 15.2. The molecule has 1 saturated heterocycles. The lowest BCUT2D eigenvalue weighted by Crippen LogP contribution is -2.38. The van der Waals surface area contributed by atoms with E-state index in [0.717, 1.165) is 23.1 Å². The van der Waals surface area contributed by atoms with E-state index >= 15 is 0 Å². The van der Waals surface area contributed by atoms with Crippen LogP contribution in [0, 0.1) is 5.92 Å². The smallest absolute Gasteiger partial charge is 0.289 e. The van der Waals surface area contributed by atoms with E-state index in [1.165, 1.54) is 0 Å². The molecule has 0 bridgehead atoms. The van der Waals surface area contributed by atoms with Crippen molar-refractivity contribution in [2.75, 3.05) is 26.2 Å². The highest BCUT2D eigenvalue weighted by Gasteiger charge is 2.33. The summed E-state index contributed by atoms with van der Waals surface area (Å²) in [5, 5.41) is 0. The normalized spacial score (nSPS) is 16.9. The van der Waals surface area contributed by atoms with Crippen LogP contribution in [0.2, 0.25) is 0 Å². The van der Waals surface area contributed by atoms with Gasteiger partial charge >= 0.3 is 0 Å². The van der Waals surface area contributed by atoms with Crippen LogP contribution in [0.1, 0.15) is 29.5 Å². The Kier molecular flexibility index (Phi) is 6.40. The quantitative estimate of drug-likeness (QED) is 0.668. The van der Waals surface area contributed by atoms with Gasteiger partial charge in [-0.25, -0.2) is 4.98 Å². The summed E-state index contributed by atoms with van der Waals surface area (Å²) in [6.45, 7) is 4.19. The van der Waals surface area contributed by atoms with E-state index in [1.807, 2.05) is 35.4 Å². The maximum Gasteiger partial charge on any atom is 0.289 e. The molecular weight excluding hydrogens is 390 g/mol. The zero-order chi connectivity index (χ0) is 21.6. The predicted octanol–water partition coefficient (Wildman–Crippen LogP) is 3.03. The molecule has 0 saturated carbocycles. The SMILES string of the molecule is CCCN1CCN(C(=O)c2ncc[nH]2)C[C@@H](Cc2ccccc2-c2cccnc2)C1=O. The van der Waals surface area contributed by atoms with E-state index in [1.54, 1.807) is 23.5 Å². The number of aromatic nitrogens is 3. The Balaban J connectivity index is 1.63. The van der Waals surface area contributed by atoms with E-state index < -0.39 is 0 Å². The molecule has 0 aliphatic carbocycles. The second-order valence-electron chi connectivity index (χ2n) is 7.81. The molecule has 3 heterocycles. The molecule has 1 aromatic carbocycles. The van der Waals surface area contributed by atoms with Crippen molar-refractivity contribution in [1.82, 2.24) is 24.8 Å². The van der Waals surface area contributed by atoms with Crippen LogP contribution in [-0.4, -0.2) is 62.7 Å². The number of rotatable bonds is 6. The summed E-state index contributed by atoms with van der Waals surface area (Å²) in [6, 6.07) is 12.0. The fraction of sp³-hybridized carbons (Fsp3) is 0.333. The van der Waals surface area contributed by atoms with Gasteiger partial charge in [-0.2, -0.15) is 0 Å². The molecule has 3 aromatic rings. The predicted molar refractivity (Wildman–Crippen MR) is 118 cm³/mol. The van der Waals surface area contributed by atoms with E-state index in [0.29, 0.717) is 38.4 Å². The molecule has 160 valence electrons. The molecule has 1 aliphatic rings. The van der Waals surface area contributed by atoms with Gasteiger partial charge in [-0.15, -0.1) is 0 Å². The summed E-state index contributed by atoms with van der Waals surface area (Å²) in [4.78, 5) is 41.2. The number of hydrogen-bond donors (Lipinski definition) is 1. The van der Waals surface area contributed by atoms with Crippen LogP contribution in [0.15, 0.2) is 61.2 Å². The Morgan fingerprint density at radius 1 is 1.16 bits per heavy atom. The van der Waals surface area contributed by atoms with Crippen LogP contribution in [0.4, 0.5) is 0 Å². The highest BCUT2D eigenvalue weighted by Crippen LogP contribution is 2.27. The van der Waals surface area contributed by atoms with Gasteiger partial charge in [-0.1, -0.05) is 37.3 Å². The highest BCUT2D eigenvalue weighted by molar-refractivity contribution is 5.91. The number of nitrogens with one attached hydrogen (secondary N) is 1. The molecule has 1 aliphatic heterocycles. The highest BCUT2D eigenvalue weighted by atomic mass is 16.2. The van der Waals surface area contributed by atoms with E-state index in [4.69, 9.17) is 0 Å². The molecular formula is C24H27N5O2. The first kappa shape index (κ1) is 20.8. The van der Waals surface area contributed by atoms with Crippen LogP contribution in [0.5, 0.6) is 0 Å². The molecule has 1 N–H and O–H groups in total. The van der Waals surface area contributed by atoms with Crippen molar-refractivity contribution >= 4 is 11.8 Å². The Hall–Kier alpha value is -3.48. The fourth-order valence-corrected chi connectivity index (χ4v) is 4.17. The van der Waals surface area contributed by atoms with Crippen LogP contribution in [0.25, 0.3) is 11.1 Å². The third-order valence-electron chi connectivity index (χ3n) is 5.68. The van der Waals surface area contributed by atoms with E-state index in [9.17, 15) is 9.59 Å². The van der Waals surface area contributed by atoms with E-state index in [-0.39, 0.29) is 17.7 Å². The van der Waals surface area contributed by atoms with Crippen molar-refractivity contribution in [3.63, 3.8) is 0 Å². The fourth-order valence-electron chi connectivity index (χ4n) is 4.17. The van der Waals surface area contributed by atoms with E-state index in [2.05, 4.69) is 34.0 Å². The number of nitrogens with zero attached hydrogens (tertiary/aromatic N) is 4. The first-order valence-electron chi connectivity index (χ1n) is 10.7. The van der Waals surface area contributed by atoms with Gasteiger partial charge in [-0.05, 0) is 30.0 Å². The Morgan fingerprint density at radius 2 is 2.03 bits per heavy atom. The topological polar surface area (TPSA) is 82.2 Å². The Labute approximate surface area is 182 Å². The number of amides is 2. The van der Waals surface area contributed by atoms with Gasteiger partial charge in [0.15, 0.2) is 5.82 Å². The van der Waals surface area contributed by atoms with Gasteiger partial charge in [0.1, 0.15) is 0 Å². The zero-order valence-electron chi connectivity index (χ0n) is 17.7. The number of benzene rings is 1. The molecule has 4 rings (SSSR count). The molecule has 7 nitrogen and oxygen atoms in total. The minimum absolute atomic E-state index is 0.109. The number of carbonyl (C=O) groups is 2. The number of imidazole rings is 1. The molecule has 2 amide bonds. The molecule has 1 atom stereocenters. The lowest BCUT2D eigenvalue weighted by Gasteiger charge is -2.24. The van der Waals surface area contributed by atoms with Crippen LogP contribution < -0.4 is 0 Å². The number of carbonyl (C=O) groups excluding carboxylic acids is 2. The first-order valence-corrected chi connectivity index (χ1v) is 10.7. The van der Waals surface area contributed by atoms with Crippen LogP contribution >= 0.6 is 0 Å². The average molecular weight is 418 g/mol. The summed E-state index contributed by atoms with van der Waals surface area (Å²) < 4.78 is 0. The van der Waals surface area contributed by atoms with Crippen molar-refractivity contribution in [2.45, 2.75) is 19.8 Å². The molecule has 2 aromatic heterocycles. The zero-order valence-corrected chi connectivity index (χ0v) is 17.7. The third kappa shape index (κ3) is 4.66. The minimum Gasteiger partial charge on any atom is -0.341 e. The Bertz CT molecular complexity index is 1020. The van der Waals surface area contributed by atoms with Crippen molar-refractivity contribution in [1.29, 1.82) is 0 Å². The second-order valence-corrected chi connectivity index (χ2v) is 7.81. The summed E-state index contributed by atoms with van der Waals surface area (Å²) in [6.07, 6.45) is 8.25. The summed E-state index contributed by atoms with van der Waals surface area (Å²) in [5.41, 5.74) is 3.17. The monoisotopic (exact) mass is 417 g/mol. The van der Waals surface area contributed by atoms with Crippen molar-refractivity contribution < 1.29 is 9.59 Å².